The Kier molecular flexibility index (Phi) is 6.16. The zero-order chi connectivity index (χ0) is 21.4. The van der Waals surface area contributed by atoms with E-state index in [0.717, 1.165) is 25.7 Å². The van der Waals surface area contributed by atoms with Crippen molar-refractivity contribution in [2.45, 2.75) is 56.8 Å². The van der Waals surface area contributed by atoms with E-state index < -0.39 is 30.0 Å². The molecule has 5 fully saturated rings. The van der Waals surface area contributed by atoms with Gasteiger partial charge in [-0.05, 0) is 19.3 Å². The molecule has 0 aromatic heterocycles. The molecule has 2 bridgehead atoms. The second kappa shape index (κ2) is 9.03. The summed E-state index contributed by atoms with van der Waals surface area (Å²) in [7, 11) is 0. The Balaban J connectivity index is 1.18. The topological polar surface area (TPSA) is 101 Å². The average molecular weight is 437 g/mol. The van der Waals surface area contributed by atoms with Crippen molar-refractivity contribution in [2.75, 3.05) is 39.6 Å². The number of rotatable bonds is 7. The van der Waals surface area contributed by atoms with Gasteiger partial charge in [-0.25, -0.2) is 0 Å². The van der Waals surface area contributed by atoms with Crippen LogP contribution in [0.25, 0.3) is 0 Å². The third-order valence-corrected chi connectivity index (χ3v) is 7.60. The summed E-state index contributed by atoms with van der Waals surface area (Å²) in [6, 6.07) is 0. The Morgan fingerprint density at radius 1 is 1.06 bits per heavy atom. The monoisotopic (exact) mass is 437 g/mol. The van der Waals surface area contributed by atoms with Gasteiger partial charge in [0.15, 0.2) is 6.79 Å². The van der Waals surface area contributed by atoms with E-state index in [0.29, 0.717) is 32.7 Å². The van der Waals surface area contributed by atoms with Gasteiger partial charge in [-0.1, -0.05) is 19.3 Å². The van der Waals surface area contributed by atoms with E-state index >= 15 is 0 Å². The molecule has 2 heterocycles. The summed E-state index contributed by atoms with van der Waals surface area (Å²) in [4.78, 5) is 39.9. The minimum Gasteiger partial charge on any atom is -0.458 e. The highest BCUT2D eigenvalue weighted by Crippen LogP contribution is 2.59. The van der Waals surface area contributed by atoms with Crippen molar-refractivity contribution in [1.29, 1.82) is 0 Å². The molecule has 0 spiro atoms. The number of ether oxygens (including phenoxy) is 5. The molecule has 3 saturated carbocycles. The van der Waals surface area contributed by atoms with Crippen LogP contribution in [-0.2, 0) is 38.1 Å². The maximum Gasteiger partial charge on any atom is 0.320 e. The molecule has 5 rings (SSSR count). The molecule has 172 valence electrons. The van der Waals surface area contributed by atoms with E-state index in [9.17, 15) is 14.4 Å². The first kappa shape index (κ1) is 21.2. The Labute approximate surface area is 181 Å². The number of carbonyl (C=O) groups excluding carboxylic acids is 3. The van der Waals surface area contributed by atoms with Crippen LogP contribution < -0.4 is 0 Å². The van der Waals surface area contributed by atoms with Gasteiger partial charge in [0.1, 0.15) is 12.2 Å². The van der Waals surface area contributed by atoms with Crippen LogP contribution in [0.4, 0.5) is 0 Å². The standard InChI is InChI=1S/C22H31NO8/c24-16(11-23-6-8-27-9-7-23)30-19-14-10-15-18(22(26)31-20(15)19)17(14)21(25)29-12-28-13-4-2-1-3-5-13/h13-15,17-20H,1-12H2. The van der Waals surface area contributed by atoms with Crippen molar-refractivity contribution >= 4 is 17.9 Å². The lowest BCUT2D eigenvalue weighted by molar-refractivity contribution is -0.176. The molecule has 0 aromatic rings. The normalized spacial score (nSPS) is 37.6. The second-order valence-electron chi connectivity index (χ2n) is 9.37. The van der Waals surface area contributed by atoms with Crippen LogP contribution in [0.3, 0.4) is 0 Å². The molecule has 9 nitrogen and oxygen atoms in total. The maximum atomic E-state index is 12.9. The molecule has 3 aliphatic carbocycles. The second-order valence-corrected chi connectivity index (χ2v) is 9.37. The van der Waals surface area contributed by atoms with Crippen LogP contribution >= 0.6 is 0 Å². The molecule has 31 heavy (non-hydrogen) atoms. The van der Waals surface area contributed by atoms with E-state index in [4.69, 9.17) is 23.7 Å². The lowest BCUT2D eigenvalue weighted by Crippen LogP contribution is -2.46. The summed E-state index contributed by atoms with van der Waals surface area (Å²) in [5, 5.41) is 0. The van der Waals surface area contributed by atoms with Crippen molar-refractivity contribution in [3.63, 3.8) is 0 Å². The van der Waals surface area contributed by atoms with Crippen molar-refractivity contribution < 1.29 is 38.1 Å². The van der Waals surface area contributed by atoms with Gasteiger partial charge < -0.3 is 23.7 Å². The van der Waals surface area contributed by atoms with Crippen LogP contribution in [0, 0.1) is 23.7 Å². The molecular formula is C22H31NO8. The molecule has 9 heteroatoms. The Bertz CT molecular complexity index is 702. The van der Waals surface area contributed by atoms with Crippen LogP contribution in [0.2, 0.25) is 0 Å². The van der Waals surface area contributed by atoms with Gasteiger partial charge in [0.25, 0.3) is 0 Å². The minimum absolute atomic E-state index is 0.0875. The molecule has 0 N–H and O–H groups in total. The Morgan fingerprint density at radius 2 is 1.84 bits per heavy atom. The van der Waals surface area contributed by atoms with Gasteiger partial charge >= 0.3 is 17.9 Å². The highest BCUT2D eigenvalue weighted by molar-refractivity contribution is 5.86. The van der Waals surface area contributed by atoms with Gasteiger partial charge in [0.05, 0.1) is 37.7 Å². The fourth-order valence-corrected chi connectivity index (χ4v) is 6.12. The number of nitrogens with zero attached hydrogens (tertiary/aromatic N) is 1. The van der Waals surface area contributed by atoms with Crippen molar-refractivity contribution in [3.8, 4) is 0 Å². The molecule has 2 saturated heterocycles. The van der Waals surface area contributed by atoms with Gasteiger partial charge in [-0.2, -0.15) is 0 Å². The molecule has 0 radical (unpaired) electrons. The fraction of sp³-hybridized carbons (Fsp3) is 0.864. The zero-order valence-corrected chi connectivity index (χ0v) is 17.7. The predicted molar refractivity (Wildman–Crippen MR) is 105 cm³/mol. The first-order valence-corrected chi connectivity index (χ1v) is 11.6. The van der Waals surface area contributed by atoms with Crippen molar-refractivity contribution in [1.82, 2.24) is 4.90 Å². The lowest BCUT2D eigenvalue weighted by Gasteiger charge is -2.31. The smallest absolute Gasteiger partial charge is 0.320 e. The van der Waals surface area contributed by atoms with Crippen LogP contribution in [0.1, 0.15) is 38.5 Å². The van der Waals surface area contributed by atoms with E-state index in [1.54, 1.807) is 0 Å². The van der Waals surface area contributed by atoms with Gasteiger partial charge in [-0.3, -0.25) is 19.3 Å². The molecule has 0 amide bonds. The summed E-state index contributed by atoms with van der Waals surface area (Å²) >= 11 is 0. The summed E-state index contributed by atoms with van der Waals surface area (Å²) < 4.78 is 27.7. The third-order valence-electron chi connectivity index (χ3n) is 7.60. The van der Waals surface area contributed by atoms with Gasteiger partial charge in [0, 0.05) is 24.9 Å². The number of fused-ring (bicyclic) bond motifs is 1. The zero-order valence-electron chi connectivity index (χ0n) is 17.7. The highest BCUT2D eigenvalue weighted by atomic mass is 16.7. The third kappa shape index (κ3) is 4.19. The molecule has 6 unspecified atom stereocenters. The number of morpholine rings is 1. The molecule has 0 aromatic carbocycles. The number of hydrogen-bond acceptors (Lipinski definition) is 9. The largest absolute Gasteiger partial charge is 0.458 e. The van der Waals surface area contributed by atoms with Crippen LogP contribution in [0.15, 0.2) is 0 Å². The molecule has 2 aliphatic heterocycles. The number of esters is 3. The fourth-order valence-electron chi connectivity index (χ4n) is 6.12. The summed E-state index contributed by atoms with van der Waals surface area (Å²) in [6.07, 6.45) is 5.22. The highest BCUT2D eigenvalue weighted by Gasteiger charge is 2.70. The van der Waals surface area contributed by atoms with E-state index in [2.05, 4.69) is 0 Å². The number of hydrogen-bond donors (Lipinski definition) is 0. The van der Waals surface area contributed by atoms with Gasteiger partial charge in [-0.15, -0.1) is 0 Å². The quantitative estimate of drug-likeness (QED) is 0.326. The van der Waals surface area contributed by atoms with E-state index in [1.165, 1.54) is 6.42 Å². The predicted octanol–water partition coefficient (Wildman–Crippen LogP) is 0.888. The van der Waals surface area contributed by atoms with E-state index in [-0.39, 0.29) is 43.2 Å². The molecule has 5 aliphatic rings. The number of carbonyl (C=O) groups is 3. The van der Waals surface area contributed by atoms with Crippen LogP contribution in [-0.4, -0.2) is 80.8 Å². The molecule has 6 atom stereocenters. The van der Waals surface area contributed by atoms with Gasteiger partial charge in [0.2, 0.25) is 0 Å². The summed E-state index contributed by atoms with van der Waals surface area (Å²) in [6.45, 7) is 2.64. The van der Waals surface area contributed by atoms with E-state index in [1.807, 2.05) is 4.90 Å². The van der Waals surface area contributed by atoms with Crippen LogP contribution in [0.5, 0.6) is 0 Å². The van der Waals surface area contributed by atoms with Crippen molar-refractivity contribution in [2.24, 2.45) is 23.7 Å². The SMILES string of the molecule is O=C(CN1CCOCC1)OC1C2CC3C1OC(=O)C3C2C(=O)OCOC1CCCCC1. The van der Waals surface area contributed by atoms with Crippen molar-refractivity contribution in [3.05, 3.63) is 0 Å². The average Bonchev–Trinajstić information content (AvgIpc) is 3.39. The molecular weight excluding hydrogens is 406 g/mol. The Morgan fingerprint density at radius 3 is 2.61 bits per heavy atom. The first-order valence-electron chi connectivity index (χ1n) is 11.6. The minimum atomic E-state index is -0.632. The summed E-state index contributed by atoms with van der Waals surface area (Å²) in [5.41, 5.74) is 0. The summed E-state index contributed by atoms with van der Waals surface area (Å²) in [5.74, 6) is -2.64. The Hall–Kier alpha value is -1.71. The maximum absolute atomic E-state index is 12.9. The lowest BCUT2D eigenvalue weighted by atomic mass is 9.78. The first-order chi connectivity index (χ1) is 15.1.